The van der Waals surface area contributed by atoms with E-state index in [0.717, 1.165) is 55.0 Å². The van der Waals surface area contributed by atoms with Gasteiger partial charge in [-0.25, -0.2) is 9.97 Å². The van der Waals surface area contributed by atoms with Gasteiger partial charge in [-0.15, -0.1) is 0 Å². The zero-order valence-corrected chi connectivity index (χ0v) is 15.6. The number of aliphatic hydroxyl groups is 1. The van der Waals surface area contributed by atoms with Crippen LogP contribution in [0.1, 0.15) is 26.2 Å². The predicted octanol–water partition coefficient (Wildman–Crippen LogP) is 3.89. The number of benzene rings is 1. The lowest BCUT2D eigenvalue weighted by Crippen LogP contribution is -2.35. The minimum absolute atomic E-state index is 0.281. The topological polar surface area (TPSA) is 71.6 Å². The summed E-state index contributed by atoms with van der Waals surface area (Å²) in [4.78, 5) is 11.4. The van der Waals surface area contributed by atoms with E-state index >= 15 is 0 Å². The van der Waals surface area contributed by atoms with Crippen LogP contribution in [-0.2, 0) is 0 Å². The second-order valence-corrected chi connectivity index (χ2v) is 7.02. The minimum Gasteiger partial charge on any atom is -0.493 e. The van der Waals surface area contributed by atoms with Crippen molar-refractivity contribution in [3.63, 3.8) is 0 Å². The highest BCUT2D eigenvalue weighted by Gasteiger charge is 2.19. The zero-order valence-electron chi connectivity index (χ0n) is 15.6. The molecule has 6 nitrogen and oxygen atoms in total. The number of oxazole rings is 1. The van der Waals surface area contributed by atoms with Crippen LogP contribution in [0, 0.1) is 5.92 Å². The molecule has 1 fully saturated rings. The highest BCUT2D eigenvalue weighted by atomic mass is 16.5. The third-order valence-corrected chi connectivity index (χ3v) is 5.02. The second-order valence-electron chi connectivity index (χ2n) is 7.02. The van der Waals surface area contributed by atoms with Gasteiger partial charge in [-0.05, 0) is 49.4 Å². The Labute approximate surface area is 158 Å². The SMILES string of the molecule is CCCOc1ccc2nc(-c3ccc(N4CCC(CO)CC4)nc3)oc2c1. The molecule has 3 aromatic rings. The molecule has 1 aliphatic rings. The Balaban J connectivity index is 1.50. The van der Waals surface area contributed by atoms with Crippen molar-refractivity contribution < 1.29 is 14.3 Å². The van der Waals surface area contributed by atoms with Crippen molar-refractivity contribution in [1.82, 2.24) is 9.97 Å². The molecule has 0 radical (unpaired) electrons. The summed E-state index contributed by atoms with van der Waals surface area (Å²) in [6, 6.07) is 9.73. The first kappa shape index (κ1) is 17.8. The van der Waals surface area contributed by atoms with Crippen LogP contribution in [0.25, 0.3) is 22.6 Å². The van der Waals surface area contributed by atoms with Gasteiger partial charge in [-0.2, -0.15) is 0 Å². The summed E-state index contributed by atoms with van der Waals surface area (Å²) in [7, 11) is 0. The molecule has 2 aromatic heterocycles. The quantitative estimate of drug-likeness (QED) is 0.713. The predicted molar refractivity (Wildman–Crippen MR) is 105 cm³/mol. The molecule has 0 aliphatic carbocycles. The van der Waals surface area contributed by atoms with Crippen molar-refractivity contribution in [1.29, 1.82) is 0 Å². The van der Waals surface area contributed by atoms with Gasteiger partial charge in [-0.3, -0.25) is 0 Å². The summed E-state index contributed by atoms with van der Waals surface area (Å²) in [5.74, 6) is 2.75. The fourth-order valence-electron chi connectivity index (χ4n) is 3.38. The van der Waals surface area contributed by atoms with Crippen LogP contribution < -0.4 is 9.64 Å². The lowest BCUT2D eigenvalue weighted by molar-refractivity contribution is 0.203. The van der Waals surface area contributed by atoms with Crippen molar-refractivity contribution in [2.75, 3.05) is 31.2 Å². The number of nitrogens with zero attached hydrogens (tertiary/aromatic N) is 3. The Hall–Kier alpha value is -2.60. The summed E-state index contributed by atoms with van der Waals surface area (Å²) >= 11 is 0. The number of aromatic nitrogens is 2. The molecule has 6 heteroatoms. The van der Waals surface area contributed by atoms with Gasteiger partial charge in [0, 0.05) is 32.0 Å². The van der Waals surface area contributed by atoms with E-state index < -0.39 is 0 Å². The normalized spacial score (nSPS) is 15.4. The van der Waals surface area contributed by atoms with Crippen molar-refractivity contribution in [3.8, 4) is 17.2 Å². The molecule has 0 unspecified atom stereocenters. The molecule has 142 valence electrons. The lowest BCUT2D eigenvalue weighted by Gasteiger charge is -2.31. The second kappa shape index (κ2) is 7.96. The minimum atomic E-state index is 0.281. The first-order valence-electron chi connectivity index (χ1n) is 9.62. The Kier molecular flexibility index (Phi) is 5.25. The number of aliphatic hydroxyl groups excluding tert-OH is 1. The molecule has 4 rings (SSSR count). The Morgan fingerprint density at radius 2 is 2.07 bits per heavy atom. The van der Waals surface area contributed by atoms with Crippen molar-refractivity contribution in [3.05, 3.63) is 36.5 Å². The largest absolute Gasteiger partial charge is 0.493 e. The number of fused-ring (bicyclic) bond motifs is 1. The van der Waals surface area contributed by atoms with Gasteiger partial charge in [0.1, 0.15) is 17.1 Å². The number of hydrogen-bond donors (Lipinski definition) is 1. The maximum atomic E-state index is 9.27. The third kappa shape index (κ3) is 3.90. The molecule has 0 saturated carbocycles. The summed E-state index contributed by atoms with van der Waals surface area (Å²) in [6.45, 7) is 4.91. The van der Waals surface area contributed by atoms with Gasteiger partial charge in [0.05, 0.1) is 12.2 Å². The molecule has 0 amide bonds. The molecule has 27 heavy (non-hydrogen) atoms. The summed E-state index contributed by atoms with van der Waals surface area (Å²) in [6.07, 6.45) is 4.79. The van der Waals surface area contributed by atoms with E-state index in [9.17, 15) is 5.11 Å². The molecule has 3 heterocycles. The van der Waals surface area contributed by atoms with Gasteiger partial charge in [0.25, 0.3) is 0 Å². The number of pyridine rings is 1. The zero-order chi connectivity index (χ0) is 18.6. The standard InChI is InChI=1S/C21H25N3O3/c1-2-11-26-17-4-5-18-19(12-17)27-21(23-18)16-3-6-20(22-13-16)24-9-7-15(14-25)8-10-24/h3-6,12-13,15,25H,2,7-11,14H2,1H3. The maximum absolute atomic E-state index is 9.27. The molecule has 1 N–H and O–H groups in total. The molecule has 0 spiro atoms. The number of hydrogen-bond acceptors (Lipinski definition) is 6. The van der Waals surface area contributed by atoms with Gasteiger partial charge in [0.15, 0.2) is 5.58 Å². The van der Waals surface area contributed by atoms with Gasteiger partial charge in [-0.1, -0.05) is 6.92 Å². The van der Waals surface area contributed by atoms with E-state index in [0.29, 0.717) is 24.0 Å². The average molecular weight is 367 g/mol. The molecule has 1 aromatic carbocycles. The number of rotatable bonds is 6. The Bertz CT molecular complexity index is 883. The van der Waals surface area contributed by atoms with E-state index in [-0.39, 0.29) is 6.61 Å². The van der Waals surface area contributed by atoms with Crippen LogP contribution in [0.4, 0.5) is 5.82 Å². The average Bonchev–Trinajstić information content (AvgIpc) is 3.16. The monoisotopic (exact) mass is 367 g/mol. The third-order valence-electron chi connectivity index (χ3n) is 5.02. The summed E-state index contributed by atoms with van der Waals surface area (Å²) in [5, 5.41) is 9.27. The van der Waals surface area contributed by atoms with Crippen LogP contribution >= 0.6 is 0 Å². The fourth-order valence-corrected chi connectivity index (χ4v) is 3.38. The van der Waals surface area contributed by atoms with E-state index in [1.54, 1.807) is 0 Å². The first-order chi connectivity index (χ1) is 13.3. The maximum Gasteiger partial charge on any atom is 0.228 e. The van der Waals surface area contributed by atoms with Gasteiger partial charge in [0.2, 0.25) is 5.89 Å². The molecular formula is C21H25N3O3. The molecule has 1 aliphatic heterocycles. The Morgan fingerprint density at radius 3 is 2.78 bits per heavy atom. The number of anilines is 1. The van der Waals surface area contributed by atoms with E-state index in [2.05, 4.69) is 21.8 Å². The number of ether oxygens (including phenoxy) is 1. The highest BCUT2D eigenvalue weighted by Crippen LogP contribution is 2.28. The smallest absolute Gasteiger partial charge is 0.228 e. The molecule has 0 atom stereocenters. The van der Waals surface area contributed by atoms with Crippen LogP contribution in [0.2, 0.25) is 0 Å². The van der Waals surface area contributed by atoms with Gasteiger partial charge >= 0.3 is 0 Å². The van der Waals surface area contributed by atoms with Crippen LogP contribution in [-0.4, -0.2) is 41.4 Å². The highest BCUT2D eigenvalue weighted by molar-refractivity contribution is 5.77. The van der Waals surface area contributed by atoms with Crippen molar-refractivity contribution in [2.45, 2.75) is 26.2 Å². The van der Waals surface area contributed by atoms with Crippen LogP contribution in [0.3, 0.4) is 0 Å². The van der Waals surface area contributed by atoms with E-state index in [1.807, 2.05) is 36.5 Å². The van der Waals surface area contributed by atoms with E-state index in [1.165, 1.54) is 0 Å². The fraction of sp³-hybridized carbons (Fsp3) is 0.429. The van der Waals surface area contributed by atoms with Crippen molar-refractivity contribution >= 4 is 16.9 Å². The Morgan fingerprint density at radius 1 is 1.22 bits per heavy atom. The van der Waals surface area contributed by atoms with Crippen LogP contribution in [0.5, 0.6) is 5.75 Å². The summed E-state index contributed by atoms with van der Waals surface area (Å²) in [5.41, 5.74) is 2.38. The van der Waals surface area contributed by atoms with Crippen LogP contribution in [0.15, 0.2) is 40.9 Å². The molecular weight excluding hydrogens is 342 g/mol. The molecule has 0 bridgehead atoms. The first-order valence-corrected chi connectivity index (χ1v) is 9.62. The lowest BCUT2D eigenvalue weighted by atomic mass is 9.98. The summed E-state index contributed by atoms with van der Waals surface area (Å²) < 4.78 is 11.6. The molecule has 1 saturated heterocycles. The van der Waals surface area contributed by atoms with E-state index in [4.69, 9.17) is 9.15 Å². The number of piperidine rings is 1. The van der Waals surface area contributed by atoms with Gasteiger partial charge < -0.3 is 19.2 Å². The van der Waals surface area contributed by atoms with Crippen molar-refractivity contribution in [2.24, 2.45) is 5.92 Å².